The summed E-state index contributed by atoms with van der Waals surface area (Å²) in [4.78, 5) is 0. The van der Waals surface area contributed by atoms with Crippen LogP contribution in [0, 0.1) is 12.8 Å². The largest absolute Gasteiger partial charge is 0.494 e. The number of piperidine rings is 1. The van der Waals surface area contributed by atoms with E-state index >= 15 is 0 Å². The smallest absolute Gasteiger partial charge is 0.119 e. The molecule has 0 aromatic heterocycles. The summed E-state index contributed by atoms with van der Waals surface area (Å²) in [6, 6.07) is 8.27. The number of hydrogen-bond acceptors (Lipinski definition) is 2. The fourth-order valence-corrected chi connectivity index (χ4v) is 2.22. The molecule has 1 fully saturated rings. The molecule has 0 saturated carbocycles. The van der Waals surface area contributed by atoms with Crippen LogP contribution in [0.2, 0.25) is 0 Å². The molecule has 88 valence electrons. The van der Waals surface area contributed by atoms with Gasteiger partial charge >= 0.3 is 0 Å². The summed E-state index contributed by atoms with van der Waals surface area (Å²) < 4.78 is 5.76. The van der Waals surface area contributed by atoms with E-state index < -0.39 is 0 Å². The van der Waals surface area contributed by atoms with Crippen LogP contribution >= 0.6 is 0 Å². The highest BCUT2D eigenvalue weighted by Gasteiger charge is 2.12. The molecule has 0 unspecified atom stereocenters. The second-order valence-electron chi connectivity index (χ2n) is 4.67. The van der Waals surface area contributed by atoms with E-state index in [-0.39, 0.29) is 0 Å². The minimum Gasteiger partial charge on any atom is -0.494 e. The number of hydrogen-bond donors (Lipinski definition) is 1. The van der Waals surface area contributed by atoms with Crippen LogP contribution in [0.25, 0.3) is 0 Å². The Bertz CT molecular complexity index is 318. The van der Waals surface area contributed by atoms with Gasteiger partial charge in [-0.3, -0.25) is 0 Å². The first-order valence-corrected chi connectivity index (χ1v) is 6.25. The molecule has 2 nitrogen and oxygen atoms in total. The van der Waals surface area contributed by atoms with Crippen LogP contribution in [0.1, 0.15) is 24.8 Å². The molecule has 1 aromatic rings. The van der Waals surface area contributed by atoms with Crippen molar-refractivity contribution in [3.8, 4) is 5.75 Å². The van der Waals surface area contributed by atoms with Crippen molar-refractivity contribution >= 4 is 0 Å². The summed E-state index contributed by atoms with van der Waals surface area (Å²) in [5.74, 6) is 1.81. The Labute approximate surface area is 98.0 Å². The average Bonchev–Trinajstić information content (AvgIpc) is 2.30. The number of aryl methyl sites for hydroxylation is 1. The van der Waals surface area contributed by atoms with Crippen LogP contribution in [0.4, 0.5) is 0 Å². The van der Waals surface area contributed by atoms with Gasteiger partial charge in [-0.1, -0.05) is 12.1 Å². The molecule has 0 amide bonds. The lowest BCUT2D eigenvalue weighted by molar-refractivity contribution is 0.254. The fourth-order valence-electron chi connectivity index (χ4n) is 2.22. The lowest BCUT2D eigenvalue weighted by atomic mass is 9.97. The van der Waals surface area contributed by atoms with Crippen LogP contribution in [0.3, 0.4) is 0 Å². The minimum atomic E-state index is 0.804. The Balaban J connectivity index is 1.71. The third-order valence-electron chi connectivity index (χ3n) is 3.18. The minimum absolute atomic E-state index is 0.804. The highest BCUT2D eigenvalue weighted by atomic mass is 16.5. The van der Waals surface area contributed by atoms with Crippen molar-refractivity contribution in [1.82, 2.24) is 5.32 Å². The standard InChI is InChI=1S/C14H21NO/c1-12-4-2-6-14(10-12)16-9-7-13-5-3-8-15-11-13/h2,4,6,10,13,15H,3,5,7-9,11H2,1H3/t13-/m0/s1. The lowest BCUT2D eigenvalue weighted by Gasteiger charge is -2.22. The number of ether oxygens (including phenoxy) is 1. The maximum absolute atomic E-state index is 5.76. The van der Waals surface area contributed by atoms with E-state index in [2.05, 4.69) is 24.4 Å². The third kappa shape index (κ3) is 3.53. The first kappa shape index (κ1) is 11.5. The predicted molar refractivity (Wildman–Crippen MR) is 66.9 cm³/mol. The Morgan fingerprint density at radius 2 is 2.38 bits per heavy atom. The highest BCUT2D eigenvalue weighted by molar-refractivity contribution is 5.27. The first-order chi connectivity index (χ1) is 7.84. The zero-order valence-electron chi connectivity index (χ0n) is 10.0. The third-order valence-corrected chi connectivity index (χ3v) is 3.18. The van der Waals surface area contributed by atoms with Crippen molar-refractivity contribution in [2.75, 3.05) is 19.7 Å². The van der Waals surface area contributed by atoms with Gasteiger partial charge < -0.3 is 10.1 Å². The second kappa shape index (κ2) is 5.90. The zero-order chi connectivity index (χ0) is 11.2. The molecule has 1 aromatic carbocycles. The molecule has 1 N–H and O–H groups in total. The topological polar surface area (TPSA) is 21.3 Å². The normalized spacial score (nSPS) is 20.7. The SMILES string of the molecule is Cc1cccc(OCC[C@@H]2CCCNC2)c1. The van der Waals surface area contributed by atoms with Crippen LogP contribution in [-0.4, -0.2) is 19.7 Å². The molecular weight excluding hydrogens is 198 g/mol. The van der Waals surface area contributed by atoms with E-state index in [1.165, 1.54) is 31.4 Å². The summed E-state index contributed by atoms with van der Waals surface area (Å²) in [5.41, 5.74) is 1.26. The molecule has 0 aliphatic carbocycles. The fraction of sp³-hybridized carbons (Fsp3) is 0.571. The monoisotopic (exact) mass is 219 g/mol. The Kier molecular flexibility index (Phi) is 4.23. The molecule has 2 rings (SSSR count). The Hall–Kier alpha value is -1.02. The maximum atomic E-state index is 5.76. The molecule has 1 atom stereocenters. The Morgan fingerprint density at radius 1 is 1.44 bits per heavy atom. The van der Waals surface area contributed by atoms with E-state index in [4.69, 9.17) is 4.74 Å². The molecule has 1 heterocycles. The van der Waals surface area contributed by atoms with Crippen molar-refractivity contribution in [2.24, 2.45) is 5.92 Å². The summed E-state index contributed by atoms with van der Waals surface area (Å²) in [6.07, 6.45) is 3.83. The van der Waals surface area contributed by atoms with Gasteiger partial charge in [0.05, 0.1) is 6.61 Å². The predicted octanol–water partition coefficient (Wildman–Crippen LogP) is 2.76. The molecule has 16 heavy (non-hydrogen) atoms. The van der Waals surface area contributed by atoms with Gasteiger partial charge in [0.1, 0.15) is 5.75 Å². The summed E-state index contributed by atoms with van der Waals surface area (Å²) in [5, 5.41) is 3.44. The molecular formula is C14H21NO. The van der Waals surface area contributed by atoms with Gasteiger partial charge in [0.25, 0.3) is 0 Å². The molecule has 1 aliphatic heterocycles. The lowest BCUT2D eigenvalue weighted by Crippen LogP contribution is -2.30. The number of benzene rings is 1. The highest BCUT2D eigenvalue weighted by Crippen LogP contribution is 2.16. The van der Waals surface area contributed by atoms with Crippen LogP contribution in [0.5, 0.6) is 5.75 Å². The molecule has 0 radical (unpaired) electrons. The quantitative estimate of drug-likeness (QED) is 0.840. The molecule has 0 bridgehead atoms. The average molecular weight is 219 g/mol. The van der Waals surface area contributed by atoms with E-state index in [0.29, 0.717) is 0 Å². The molecule has 0 spiro atoms. The molecule has 2 heteroatoms. The van der Waals surface area contributed by atoms with Crippen LogP contribution < -0.4 is 10.1 Å². The second-order valence-corrected chi connectivity index (χ2v) is 4.67. The number of nitrogens with one attached hydrogen (secondary N) is 1. The van der Waals surface area contributed by atoms with Gasteiger partial charge in [0, 0.05) is 0 Å². The summed E-state index contributed by atoms with van der Waals surface area (Å²) in [6.45, 7) is 5.29. The van der Waals surface area contributed by atoms with Crippen molar-refractivity contribution in [3.63, 3.8) is 0 Å². The van der Waals surface area contributed by atoms with E-state index in [1.807, 2.05) is 12.1 Å². The van der Waals surface area contributed by atoms with Crippen molar-refractivity contribution < 1.29 is 4.74 Å². The van der Waals surface area contributed by atoms with Gasteiger partial charge in [-0.05, 0) is 62.9 Å². The molecule has 1 saturated heterocycles. The van der Waals surface area contributed by atoms with Crippen molar-refractivity contribution in [3.05, 3.63) is 29.8 Å². The summed E-state index contributed by atoms with van der Waals surface area (Å²) >= 11 is 0. The van der Waals surface area contributed by atoms with E-state index in [0.717, 1.165) is 24.8 Å². The van der Waals surface area contributed by atoms with E-state index in [9.17, 15) is 0 Å². The van der Waals surface area contributed by atoms with Crippen LogP contribution in [-0.2, 0) is 0 Å². The molecule has 1 aliphatic rings. The van der Waals surface area contributed by atoms with Gasteiger partial charge in [0.15, 0.2) is 0 Å². The Morgan fingerprint density at radius 3 is 3.12 bits per heavy atom. The van der Waals surface area contributed by atoms with Gasteiger partial charge in [-0.25, -0.2) is 0 Å². The summed E-state index contributed by atoms with van der Waals surface area (Å²) in [7, 11) is 0. The van der Waals surface area contributed by atoms with Crippen LogP contribution in [0.15, 0.2) is 24.3 Å². The van der Waals surface area contributed by atoms with Gasteiger partial charge in [0.2, 0.25) is 0 Å². The first-order valence-electron chi connectivity index (χ1n) is 6.25. The zero-order valence-corrected chi connectivity index (χ0v) is 10.0. The van der Waals surface area contributed by atoms with Gasteiger partial charge in [-0.15, -0.1) is 0 Å². The van der Waals surface area contributed by atoms with Crippen molar-refractivity contribution in [2.45, 2.75) is 26.2 Å². The number of rotatable bonds is 4. The maximum Gasteiger partial charge on any atom is 0.119 e. The van der Waals surface area contributed by atoms with E-state index in [1.54, 1.807) is 0 Å². The van der Waals surface area contributed by atoms with Gasteiger partial charge in [-0.2, -0.15) is 0 Å². The van der Waals surface area contributed by atoms with Crippen molar-refractivity contribution in [1.29, 1.82) is 0 Å².